The maximum absolute atomic E-state index is 11.8. The Morgan fingerprint density at radius 3 is 2.50 bits per heavy atom. The summed E-state index contributed by atoms with van der Waals surface area (Å²) in [5.74, 6) is -0.133. The molecule has 0 spiro atoms. The topological polar surface area (TPSA) is 29.1 Å². The van der Waals surface area contributed by atoms with Crippen molar-refractivity contribution in [1.82, 2.24) is 5.32 Å². The van der Waals surface area contributed by atoms with Crippen LogP contribution in [0, 0.1) is 0 Å². The maximum atomic E-state index is 11.8. The molecule has 0 unspecified atom stereocenters. The van der Waals surface area contributed by atoms with E-state index in [0.717, 1.165) is 5.56 Å². The van der Waals surface area contributed by atoms with Crippen molar-refractivity contribution in [3.8, 4) is 0 Å². The highest BCUT2D eigenvalue weighted by atomic mass is 35.5. The molecule has 0 aromatic heterocycles. The van der Waals surface area contributed by atoms with Crippen molar-refractivity contribution in [2.45, 2.75) is 6.54 Å². The first-order chi connectivity index (χ1) is 8.66. The van der Waals surface area contributed by atoms with Crippen LogP contribution in [0.25, 0.3) is 0 Å². The number of nitrogens with one attached hydrogen (secondary N) is 1. The summed E-state index contributed by atoms with van der Waals surface area (Å²) in [6.07, 6.45) is 0. The number of carbonyl (C=O) groups excluding carboxylic acids is 1. The van der Waals surface area contributed by atoms with E-state index in [0.29, 0.717) is 22.2 Å². The Morgan fingerprint density at radius 2 is 1.78 bits per heavy atom. The molecule has 92 valence electrons. The summed E-state index contributed by atoms with van der Waals surface area (Å²) in [4.78, 5) is 11.8. The molecule has 0 radical (unpaired) electrons. The molecular weight excluding hydrogens is 269 g/mol. The zero-order chi connectivity index (χ0) is 13.0. The molecule has 0 saturated heterocycles. The summed E-state index contributed by atoms with van der Waals surface area (Å²) >= 11 is 11.9. The van der Waals surface area contributed by atoms with Gasteiger partial charge in [-0.05, 0) is 35.9 Å². The number of carbonyl (C=O) groups is 1. The molecule has 0 aliphatic rings. The largest absolute Gasteiger partial charge is 0.348 e. The van der Waals surface area contributed by atoms with Crippen LogP contribution in [-0.2, 0) is 6.54 Å². The van der Waals surface area contributed by atoms with Gasteiger partial charge in [0.2, 0.25) is 0 Å². The quantitative estimate of drug-likeness (QED) is 0.907. The predicted octanol–water partition coefficient (Wildman–Crippen LogP) is 3.92. The first-order valence-corrected chi connectivity index (χ1v) is 6.19. The lowest BCUT2D eigenvalue weighted by Gasteiger charge is -2.07. The van der Waals surface area contributed by atoms with Crippen molar-refractivity contribution in [3.05, 3.63) is 69.7 Å². The van der Waals surface area contributed by atoms with E-state index in [4.69, 9.17) is 23.2 Å². The summed E-state index contributed by atoms with van der Waals surface area (Å²) < 4.78 is 0. The lowest BCUT2D eigenvalue weighted by atomic mass is 10.2. The van der Waals surface area contributed by atoms with E-state index in [1.807, 2.05) is 18.2 Å². The Morgan fingerprint density at radius 1 is 1.06 bits per heavy atom. The van der Waals surface area contributed by atoms with E-state index in [1.165, 1.54) is 0 Å². The Kier molecular flexibility index (Phi) is 4.24. The van der Waals surface area contributed by atoms with Gasteiger partial charge in [-0.1, -0.05) is 41.4 Å². The van der Waals surface area contributed by atoms with E-state index in [9.17, 15) is 4.79 Å². The SMILES string of the molecule is O=C(NCc1cc(Cl)ccc1Cl)c1ccccc1. The van der Waals surface area contributed by atoms with E-state index >= 15 is 0 Å². The van der Waals surface area contributed by atoms with Gasteiger partial charge in [-0.3, -0.25) is 4.79 Å². The Balaban J connectivity index is 2.04. The van der Waals surface area contributed by atoms with Crippen LogP contribution >= 0.6 is 23.2 Å². The van der Waals surface area contributed by atoms with Crippen LogP contribution < -0.4 is 5.32 Å². The molecule has 0 aliphatic carbocycles. The van der Waals surface area contributed by atoms with E-state index < -0.39 is 0 Å². The van der Waals surface area contributed by atoms with Gasteiger partial charge in [0.15, 0.2) is 0 Å². The van der Waals surface area contributed by atoms with Gasteiger partial charge in [-0.2, -0.15) is 0 Å². The minimum Gasteiger partial charge on any atom is -0.348 e. The summed E-state index contributed by atoms with van der Waals surface area (Å²) in [6, 6.07) is 14.2. The smallest absolute Gasteiger partial charge is 0.251 e. The number of hydrogen-bond donors (Lipinski definition) is 1. The van der Waals surface area contributed by atoms with Gasteiger partial charge in [0.1, 0.15) is 0 Å². The van der Waals surface area contributed by atoms with Gasteiger partial charge in [-0.15, -0.1) is 0 Å². The Bertz CT molecular complexity index is 555. The lowest BCUT2D eigenvalue weighted by molar-refractivity contribution is 0.0951. The van der Waals surface area contributed by atoms with Crippen LogP contribution in [0.5, 0.6) is 0 Å². The van der Waals surface area contributed by atoms with Gasteiger partial charge >= 0.3 is 0 Å². The van der Waals surface area contributed by atoms with E-state index in [2.05, 4.69) is 5.32 Å². The molecule has 0 aliphatic heterocycles. The first-order valence-electron chi connectivity index (χ1n) is 5.44. The minimum atomic E-state index is -0.133. The number of amides is 1. The number of benzene rings is 2. The average Bonchev–Trinajstić information content (AvgIpc) is 2.40. The Hall–Kier alpha value is -1.51. The van der Waals surface area contributed by atoms with Gasteiger partial charge in [-0.25, -0.2) is 0 Å². The molecule has 2 aromatic carbocycles. The second-order valence-electron chi connectivity index (χ2n) is 3.78. The van der Waals surface area contributed by atoms with Crippen LogP contribution in [0.2, 0.25) is 10.0 Å². The van der Waals surface area contributed by atoms with Crippen LogP contribution in [-0.4, -0.2) is 5.91 Å². The van der Waals surface area contributed by atoms with Crippen LogP contribution in [0.1, 0.15) is 15.9 Å². The molecule has 4 heteroatoms. The molecule has 2 aromatic rings. The molecule has 1 amide bonds. The fourth-order valence-electron chi connectivity index (χ4n) is 1.55. The van der Waals surface area contributed by atoms with Crippen LogP contribution in [0.3, 0.4) is 0 Å². The number of hydrogen-bond acceptors (Lipinski definition) is 1. The van der Waals surface area contributed by atoms with Crippen molar-refractivity contribution < 1.29 is 4.79 Å². The Labute approximate surface area is 116 Å². The van der Waals surface area contributed by atoms with Crippen molar-refractivity contribution in [1.29, 1.82) is 0 Å². The predicted molar refractivity (Wildman–Crippen MR) is 74.1 cm³/mol. The molecule has 0 bridgehead atoms. The van der Waals surface area contributed by atoms with Crippen molar-refractivity contribution in [2.24, 2.45) is 0 Å². The maximum Gasteiger partial charge on any atom is 0.251 e. The molecule has 1 N–H and O–H groups in total. The van der Waals surface area contributed by atoms with Gasteiger partial charge < -0.3 is 5.32 Å². The highest BCUT2D eigenvalue weighted by Crippen LogP contribution is 2.20. The van der Waals surface area contributed by atoms with Crippen LogP contribution in [0.15, 0.2) is 48.5 Å². The molecule has 18 heavy (non-hydrogen) atoms. The minimum absolute atomic E-state index is 0.133. The summed E-state index contributed by atoms with van der Waals surface area (Å²) in [7, 11) is 0. The summed E-state index contributed by atoms with van der Waals surface area (Å²) in [5.41, 5.74) is 1.42. The molecule has 0 atom stereocenters. The second-order valence-corrected chi connectivity index (χ2v) is 4.63. The van der Waals surface area contributed by atoms with Gasteiger partial charge in [0, 0.05) is 22.2 Å². The number of rotatable bonds is 3. The molecule has 2 nitrogen and oxygen atoms in total. The standard InChI is InChI=1S/C14H11Cl2NO/c15-12-6-7-13(16)11(8-12)9-17-14(18)10-4-2-1-3-5-10/h1-8H,9H2,(H,17,18). The third kappa shape index (κ3) is 3.25. The summed E-state index contributed by atoms with van der Waals surface area (Å²) in [5, 5.41) is 3.99. The van der Waals surface area contributed by atoms with Crippen molar-refractivity contribution in [2.75, 3.05) is 0 Å². The normalized spacial score (nSPS) is 10.1. The number of halogens is 2. The second kappa shape index (κ2) is 5.89. The van der Waals surface area contributed by atoms with Crippen molar-refractivity contribution >= 4 is 29.1 Å². The van der Waals surface area contributed by atoms with Gasteiger partial charge in [0.05, 0.1) is 0 Å². The fourth-order valence-corrected chi connectivity index (χ4v) is 1.92. The monoisotopic (exact) mass is 279 g/mol. The van der Waals surface area contributed by atoms with Crippen LogP contribution in [0.4, 0.5) is 0 Å². The highest BCUT2D eigenvalue weighted by Gasteiger charge is 2.06. The first kappa shape index (κ1) is 12.9. The highest BCUT2D eigenvalue weighted by molar-refractivity contribution is 6.33. The molecule has 0 saturated carbocycles. The van der Waals surface area contributed by atoms with Gasteiger partial charge in [0.25, 0.3) is 5.91 Å². The molecule has 2 rings (SSSR count). The zero-order valence-corrected chi connectivity index (χ0v) is 11.0. The van der Waals surface area contributed by atoms with Crippen molar-refractivity contribution in [3.63, 3.8) is 0 Å². The lowest BCUT2D eigenvalue weighted by Crippen LogP contribution is -2.22. The fraction of sp³-hybridized carbons (Fsp3) is 0.0714. The summed E-state index contributed by atoms with van der Waals surface area (Å²) in [6.45, 7) is 0.354. The molecule has 0 heterocycles. The van der Waals surface area contributed by atoms with E-state index in [1.54, 1.807) is 30.3 Å². The molecule has 0 fully saturated rings. The van der Waals surface area contributed by atoms with E-state index in [-0.39, 0.29) is 5.91 Å². The molecular formula is C14H11Cl2NO. The third-order valence-electron chi connectivity index (χ3n) is 2.48. The average molecular weight is 280 g/mol. The third-order valence-corrected chi connectivity index (χ3v) is 3.09. The zero-order valence-electron chi connectivity index (χ0n) is 9.49.